The minimum Gasteiger partial charge on any atom is -0.399 e. The highest BCUT2D eigenvalue weighted by atomic mass is 35.5. The number of nitrogens with zero attached hydrogens (tertiary/aromatic N) is 1. The Bertz CT molecular complexity index is 505. The van der Waals surface area contributed by atoms with E-state index >= 15 is 0 Å². The third kappa shape index (κ3) is 3.39. The van der Waals surface area contributed by atoms with Crippen molar-refractivity contribution in [3.05, 3.63) is 27.7 Å². The number of hydrogen-bond donors (Lipinski definition) is 1. The highest BCUT2D eigenvalue weighted by Crippen LogP contribution is 2.30. The number of amides is 1. The molecule has 0 bridgehead atoms. The van der Waals surface area contributed by atoms with Crippen LogP contribution in [0.3, 0.4) is 0 Å². The predicted molar refractivity (Wildman–Crippen MR) is 84.4 cm³/mol. The van der Waals surface area contributed by atoms with Crippen LogP contribution in [0, 0.1) is 5.92 Å². The average molecular weight is 315 g/mol. The molecule has 110 valence electrons. The fourth-order valence-electron chi connectivity index (χ4n) is 2.71. The monoisotopic (exact) mass is 314 g/mol. The summed E-state index contributed by atoms with van der Waals surface area (Å²) < 4.78 is 0. The first-order valence-electron chi connectivity index (χ1n) is 7.06. The molecule has 1 aliphatic heterocycles. The minimum atomic E-state index is -0.0686. The summed E-state index contributed by atoms with van der Waals surface area (Å²) in [6, 6.07) is 3.18. The summed E-state index contributed by atoms with van der Waals surface area (Å²) in [4.78, 5) is 14.5. The maximum atomic E-state index is 12.6. The maximum Gasteiger partial charge on any atom is 0.255 e. The van der Waals surface area contributed by atoms with Crippen LogP contribution in [-0.2, 0) is 0 Å². The van der Waals surface area contributed by atoms with Crippen molar-refractivity contribution in [3.63, 3.8) is 0 Å². The van der Waals surface area contributed by atoms with Crippen LogP contribution >= 0.6 is 23.2 Å². The molecule has 0 aliphatic carbocycles. The molecule has 1 saturated heterocycles. The molecule has 2 N–H and O–H groups in total. The Labute approximate surface area is 130 Å². The normalized spacial score (nSPS) is 19.8. The number of halogens is 2. The summed E-state index contributed by atoms with van der Waals surface area (Å²) in [6.45, 7) is 3.76. The molecule has 3 nitrogen and oxygen atoms in total. The molecular formula is C15H20Cl2N2O. The Hall–Kier alpha value is -0.930. The lowest BCUT2D eigenvalue weighted by Gasteiger charge is -2.21. The molecule has 0 saturated carbocycles. The number of carbonyl (C=O) groups excluding carboxylic acids is 1. The van der Waals surface area contributed by atoms with E-state index in [0.717, 1.165) is 25.9 Å². The minimum absolute atomic E-state index is 0.0686. The van der Waals surface area contributed by atoms with Crippen LogP contribution in [0.25, 0.3) is 0 Å². The van der Waals surface area contributed by atoms with Crippen molar-refractivity contribution in [1.82, 2.24) is 4.90 Å². The van der Waals surface area contributed by atoms with E-state index in [4.69, 9.17) is 28.9 Å². The third-order valence-electron chi connectivity index (χ3n) is 3.99. The summed E-state index contributed by atoms with van der Waals surface area (Å²) in [5.41, 5.74) is 6.63. The van der Waals surface area contributed by atoms with Crippen LogP contribution in [0.2, 0.25) is 10.0 Å². The summed E-state index contributed by atoms with van der Waals surface area (Å²) in [6.07, 6.45) is 4.45. The van der Waals surface area contributed by atoms with Gasteiger partial charge in [-0.25, -0.2) is 0 Å². The van der Waals surface area contributed by atoms with Crippen molar-refractivity contribution in [2.75, 3.05) is 18.8 Å². The van der Waals surface area contributed by atoms with Crippen LogP contribution in [0.4, 0.5) is 5.69 Å². The van der Waals surface area contributed by atoms with Gasteiger partial charge in [0.05, 0.1) is 15.6 Å². The van der Waals surface area contributed by atoms with Crippen molar-refractivity contribution in [3.8, 4) is 0 Å². The molecule has 1 unspecified atom stereocenters. The van der Waals surface area contributed by atoms with Gasteiger partial charge in [-0.05, 0) is 37.3 Å². The van der Waals surface area contributed by atoms with Crippen molar-refractivity contribution in [1.29, 1.82) is 0 Å². The van der Waals surface area contributed by atoms with E-state index in [2.05, 4.69) is 6.92 Å². The number of nitrogens with two attached hydrogens (primary N) is 1. The van der Waals surface area contributed by atoms with Crippen molar-refractivity contribution < 1.29 is 4.79 Å². The van der Waals surface area contributed by atoms with E-state index in [9.17, 15) is 4.79 Å². The third-order valence-corrected chi connectivity index (χ3v) is 4.80. The lowest BCUT2D eigenvalue weighted by Crippen LogP contribution is -2.32. The zero-order chi connectivity index (χ0) is 14.7. The standard InChI is InChI=1S/C15H20Cl2N2O/c1-2-10-4-3-6-19(7-5-10)15(20)12-8-11(18)9-13(16)14(12)17/h8-10H,2-7,18H2,1H3. The first kappa shape index (κ1) is 15.5. The summed E-state index contributed by atoms with van der Waals surface area (Å²) in [5, 5.41) is 0.624. The van der Waals surface area contributed by atoms with E-state index in [1.807, 2.05) is 4.90 Å². The highest BCUT2D eigenvalue weighted by Gasteiger charge is 2.23. The SMILES string of the molecule is CCC1CCCN(C(=O)c2cc(N)cc(Cl)c2Cl)CC1. The molecule has 0 spiro atoms. The summed E-state index contributed by atoms with van der Waals surface area (Å²) in [5.74, 6) is 0.647. The molecule has 20 heavy (non-hydrogen) atoms. The Morgan fingerprint density at radius 1 is 1.35 bits per heavy atom. The first-order valence-corrected chi connectivity index (χ1v) is 7.82. The second kappa shape index (κ2) is 6.68. The number of carbonyl (C=O) groups is 1. The zero-order valence-electron chi connectivity index (χ0n) is 11.7. The van der Waals surface area contributed by atoms with E-state index in [1.54, 1.807) is 12.1 Å². The predicted octanol–water partition coefficient (Wildman–Crippen LogP) is 4.23. The Morgan fingerprint density at radius 3 is 2.80 bits per heavy atom. The van der Waals surface area contributed by atoms with E-state index in [1.165, 1.54) is 12.8 Å². The lowest BCUT2D eigenvalue weighted by molar-refractivity contribution is 0.0760. The quantitative estimate of drug-likeness (QED) is 0.830. The highest BCUT2D eigenvalue weighted by molar-refractivity contribution is 6.44. The maximum absolute atomic E-state index is 12.6. The van der Waals surface area contributed by atoms with Crippen LogP contribution in [-0.4, -0.2) is 23.9 Å². The molecular weight excluding hydrogens is 295 g/mol. The molecule has 2 rings (SSSR count). The topological polar surface area (TPSA) is 46.3 Å². The summed E-state index contributed by atoms with van der Waals surface area (Å²) >= 11 is 12.1. The Balaban J connectivity index is 2.19. The number of benzene rings is 1. The van der Waals surface area contributed by atoms with Gasteiger partial charge >= 0.3 is 0 Å². The van der Waals surface area contributed by atoms with Crippen LogP contribution < -0.4 is 5.73 Å². The van der Waals surface area contributed by atoms with Gasteiger partial charge in [0, 0.05) is 18.8 Å². The van der Waals surface area contributed by atoms with Gasteiger partial charge < -0.3 is 10.6 Å². The van der Waals surface area contributed by atoms with Gasteiger partial charge in [0.15, 0.2) is 0 Å². The molecule has 1 amide bonds. The van der Waals surface area contributed by atoms with E-state index in [0.29, 0.717) is 27.2 Å². The van der Waals surface area contributed by atoms with Crippen molar-refractivity contribution >= 4 is 34.8 Å². The molecule has 0 radical (unpaired) electrons. The molecule has 1 aromatic rings. The van der Waals surface area contributed by atoms with Gasteiger partial charge in [-0.3, -0.25) is 4.79 Å². The fraction of sp³-hybridized carbons (Fsp3) is 0.533. The smallest absolute Gasteiger partial charge is 0.255 e. The first-order chi connectivity index (χ1) is 9.52. The molecule has 1 atom stereocenters. The molecule has 0 aromatic heterocycles. The number of nitrogen functional groups attached to an aromatic ring is 1. The van der Waals surface area contributed by atoms with Gasteiger partial charge in [-0.1, -0.05) is 36.5 Å². The van der Waals surface area contributed by atoms with Crippen LogP contribution in [0.5, 0.6) is 0 Å². The van der Waals surface area contributed by atoms with Crippen molar-refractivity contribution in [2.24, 2.45) is 5.92 Å². The van der Waals surface area contributed by atoms with Crippen molar-refractivity contribution in [2.45, 2.75) is 32.6 Å². The van der Waals surface area contributed by atoms with Crippen LogP contribution in [0.15, 0.2) is 12.1 Å². The van der Waals surface area contributed by atoms with Gasteiger partial charge in [-0.2, -0.15) is 0 Å². The second-order valence-electron chi connectivity index (χ2n) is 5.36. The van der Waals surface area contributed by atoms with Gasteiger partial charge in [-0.15, -0.1) is 0 Å². The van der Waals surface area contributed by atoms with E-state index < -0.39 is 0 Å². The Kier molecular flexibility index (Phi) is 5.17. The molecule has 1 aliphatic rings. The molecule has 1 aromatic carbocycles. The van der Waals surface area contributed by atoms with Gasteiger partial charge in [0.25, 0.3) is 5.91 Å². The van der Waals surface area contributed by atoms with E-state index in [-0.39, 0.29) is 5.91 Å². The average Bonchev–Trinajstić information content (AvgIpc) is 2.67. The Morgan fingerprint density at radius 2 is 2.10 bits per heavy atom. The number of rotatable bonds is 2. The number of anilines is 1. The van der Waals surface area contributed by atoms with Crippen LogP contribution in [0.1, 0.15) is 43.0 Å². The molecule has 5 heteroatoms. The largest absolute Gasteiger partial charge is 0.399 e. The number of likely N-dealkylation sites (tertiary alicyclic amines) is 1. The van der Waals surface area contributed by atoms with Gasteiger partial charge in [0.1, 0.15) is 0 Å². The zero-order valence-corrected chi connectivity index (χ0v) is 13.2. The lowest BCUT2D eigenvalue weighted by atomic mass is 9.98. The second-order valence-corrected chi connectivity index (χ2v) is 6.15. The number of hydrogen-bond acceptors (Lipinski definition) is 2. The fourth-order valence-corrected chi connectivity index (χ4v) is 3.13. The summed E-state index contributed by atoms with van der Waals surface area (Å²) in [7, 11) is 0. The molecule has 1 fully saturated rings. The van der Waals surface area contributed by atoms with Gasteiger partial charge in [0.2, 0.25) is 0 Å². The molecule has 1 heterocycles.